The number of benzene rings is 1. The summed E-state index contributed by atoms with van der Waals surface area (Å²) in [4.78, 5) is 11.5. The molecule has 80 valence electrons. The molecule has 0 aliphatic rings. The van der Waals surface area contributed by atoms with Crippen molar-refractivity contribution in [3.8, 4) is 5.75 Å². The van der Waals surface area contributed by atoms with Crippen molar-refractivity contribution >= 4 is 22.0 Å². The minimum Gasteiger partial charge on any atom is -0.497 e. The number of rotatable bonds is 1. The van der Waals surface area contributed by atoms with Gasteiger partial charge in [0, 0.05) is 11.5 Å². The van der Waals surface area contributed by atoms with Gasteiger partial charge in [-0.2, -0.15) is 10.3 Å². The number of hydrogen-bond donors (Lipinski definition) is 1. The smallest absolute Gasteiger partial charge is 0.366 e. The van der Waals surface area contributed by atoms with Gasteiger partial charge in [0.05, 0.1) is 7.11 Å². The molecule has 0 atom stereocenters. The minimum absolute atomic E-state index is 0.206. The van der Waals surface area contributed by atoms with Crippen LogP contribution in [0.1, 0.15) is 0 Å². The lowest BCUT2D eigenvalue weighted by atomic mass is 10.2. The van der Waals surface area contributed by atoms with E-state index >= 15 is 0 Å². The van der Waals surface area contributed by atoms with E-state index in [4.69, 9.17) is 9.15 Å². The fourth-order valence-electron chi connectivity index (χ4n) is 1.62. The van der Waals surface area contributed by atoms with Crippen LogP contribution < -0.4 is 10.4 Å². The maximum absolute atomic E-state index is 11.5. The van der Waals surface area contributed by atoms with Gasteiger partial charge >= 0.3 is 5.63 Å². The first-order chi connectivity index (χ1) is 7.79. The van der Waals surface area contributed by atoms with Crippen LogP contribution >= 0.6 is 0 Å². The van der Waals surface area contributed by atoms with Crippen molar-refractivity contribution in [1.29, 1.82) is 0 Å². The maximum Gasteiger partial charge on any atom is 0.366 e. The third-order valence-corrected chi connectivity index (χ3v) is 2.39. The first-order valence-electron chi connectivity index (χ1n) is 4.61. The summed E-state index contributed by atoms with van der Waals surface area (Å²) >= 11 is 0. The number of aromatic amines is 1. The number of ether oxygens (including phenoxy) is 1. The summed E-state index contributed by atoms with van der Waals surface area (Å²) in [6, 6.07) is 5.20. The third-order valence-electron chi connectivity index (χ3n) is 2.39. The SMILES string of the molecule is COc1ccc2c(c1)oc(=O)c1n[nH]nc12. The first kappa shape index (κ1) is 8.90. The summed E-state index contributed by atoms with van der Waals surface area (Å²) in [7, 11) is 1.55. The Morgan fingerprint density at radius 2 is 2.12 bits per heavy atom. The molecule has 0 unspecified atom stereocenters. The van der Waals surface area contributed by atoms with Gasteiger partial charge in [0.15, 0.2) is 5.52 Å². The zero-order valence-corrected chi connectivity index (χ0v) is 8.35. The fourth-order valence-corrected chi connectivity index (χ4v) is 1.62. The highest BCUT2D eigenvalue weighted by Gasteiger charge is 2.11. The molecule has 2 aromatic heterocycles. The van der Waals surface area contributed by atoms with Crippen LogP contribution in [0, 0.1) is 0 Å². The van der Waals surface area contributed by atoms with Crippen molar-refractivity contribution < 1.29 is 9.15 Å². The summed E-state index contributed by atoms with van der Waals surface area (Å²) in [5, 5.41) is 10.8. The molecule has 6 heteroatoms. The zero-order valence-electron chi connectivity index (χ0n) is 8.35. The van der Waals surface area contributed by atoms with Crippen LogP contribution in [0.2, 0.25) is 0 Å². The summed E-state index contributed by atoms with van der Waals surface area (Å²) in [5.74, 6) is 0.624. The second-order valence-electron chi connectivity index (χ2n) is 3.27. The standard InChI is InChI=1S/C10H7N3O3/c1-15-5-2-3-6-7(4-5)16-10(14)9-8(6)11-13-12-9/h2-4H,1H3,(H,11,12,13). The minimum atomic E-state index is -0.510. The van der Waals surface area contributed by atoms with Gasteiger partial charge in [0.1, 0.15) is 16.8 Å². The van der Waals surface area contributed by atoms with Crippen molar-refractivity contribution in [3.63, 3.8) is 0 Å². The van der Waals surface area contributed by atoms with Crippen molar-refractivity contribution in [2.75, 3.05) is 7.11 Å². The summed E-state index contributed by atoms with van der Waals surface area (Å²) in [6.07, 6.45) is 0. The van der Waals surface area contributed by atoms with Crippen LogP contribution in [-0.2, 0) is 0 Å². The molecule has 1 aromatic carbocycles. The van der Waals surface area contributed by atoms with Crippen LogP contribution in [0.5, 0.6) is 5.75 Å². The van der Waals surface area contributed by atoms with Crippen molar-refractivity contribution in [1.82, 2.24) is 15.4 Å². The lowest BCUT2D eigenvalue weighted by molar-refractivity contribution is 0.414. The van der Waals surface area contributed by atoms with Crippen molar-refractivity contribution in [2.24, 2.45) is 0 Å². The van der Waals surface area contributed by atoms with Gasteiger partial charge in [-0.3, -0.25) is 0 Å². The van der Waals surface area contributed by atoms with E-state index in [9.17, 15) is 4.79 Å². The third kappa shape index (κ3) is 1.10. The molecule has 6 nitrogen and oxygen atoms in total. The molecule has 3 aromatic rings. The number of nitrogens with zero attached hydrogens (tertiary/aromatic N) is 2. The number of H-pyrrole nitrogens is 1. The van der Waals surface area contributed by atoms with Gasteiger partial charge in [-0.05, 0) is 12.1 Å². The predicted molar refractivity (Wildman–Crippen MR) is 56.5 cm³/mol. The Kier molecular flexibility index (Phi) is 1.70. The highest BCUT2D eigenvalue weighted by atomic mass is 16.5. The van der Waals surface area contributed by atoms with Gasteiger partial charge in [0.25, 0.3) is 0 Å². The molecule has 0 fully saturated rings. The molecule has 0 saturated heterocycles. The molecule has 0 bridgehead atoms. The Hall–Kier alpha value is -2.37. The molecule has 3 rings (SSSR count). The molecule has 0 spiro atoms. The Morgan fingerprint density at radius 3 is 2.94 bits per heavy atom. The second-order valence-corrected chi connectivity index (χ2v) is 3.27. The lowest BCUT2D eigenvalue weighted by Crippen LogP contribution is -1.99. The largest absolute Gasteiger partial charge is 0.497 e. The van der Waals surface area contributed by atoms with Crippen LogP contribution in [0.4, 0.5) is 0 Å². The second kappa shape index (κ2) is 3.06. The van der Waals surface area contributed by atoms with E-state index in [1.54, 1.807) is 25.3 Å². The van der Waals surface area contributed by atoms with E-state index in [1.807, 2.05) is 0 Å². The average Bonchev–Trinajstić information content (AvgIpc) is 2.78. The fraction of sp³-hybridized carbons (Fsp3) is 0.100. The van der Waals surface area contributed by atoms with Crippen molar-refractivity contribution in [3.05, 3.63) is 28.6 Å². The van der Waals surface area contributed by atoms with E-state index in [1.165, 1.54) is 0 Å². The topological polar surface area (TPSA) is 81.0 Å². The van der Waals surface area contributed by atoms with E-state index in [0.717, 1.165) is 5.39 Å². The zero-order chi connectivity index (χ0) is 11.1. The van der Waals surface area contributed by atoms with E-state index < -0.39 is 5.63 Å². The quantitative estimate of drug-likeness (QED) is 0.616. The van der Waals surface area contributed by atoms with Crippen LogP contribution in [0.25, 0.3) is 22.0 Å². The number of nitrogens with one attached hydrogen (secondary N) is 1. The monoisotopic (exact) mass is 217 g/mol. The van der Waals surface area contributed by atoms with Crippen LogP contribution in [-0.4, -0.2) is 22.5 Å². The molecular weight excluding hydrogens is 210 g/mol. The number of methoxy groups -OCH3 is 1. The highest BCUT2D eigenvalue weighted by Crippen LogP contribution is 2.23. The van der Waals surface area contributed by atoms with Crippen molar-refractivity contribution in [2.45, 2.75) is 0 Å². The van der Waals surface area contributed by atoms with Crippen LogP contribution in [0.15, 0.2) is 27.4 Å². The highest BCUT2D eigenvalue weighted by molar-refractivity contribution is 6.00. The van der Waals surface area contributed by atoms with E-state index in [2.05, 4.69) is 15.4 Å². The average molecular weight is 217 g/mol. The van der Waals surface area contributed by atoms with E-state index in [0.29, 0.717) is 16.8 Å². The molecule has 2 heterocycles. The Balaban J connectivity index is 2.53. The lowest BCUT2D eigenvalue weighted by Gasteiger charge is -2.00. The summed E-state index contributed by atoms with van der Waals surface area (Å²) in [5.41, 5.74) is 0.641. The molecule has 0 amide bonds. The summed E-state index contributed by atoms with van der Waals surface area (Å²) < 4.78 is 10.2. The first-order valence-corrected chi connectivity index (χ1v) is 4.61. The maximum atomic E-state index is 11.5. The summed E-state index contributed by atoms with van der Waals surface area (Å²) in [6.45, 7) is 0. The van der Waals surface area contributed by atoms with Gasteiger partial charge in [0.2, 0.25) is 0 Å². The Morgan fingerprint density at radius 1 is 1.31 bits per heavy atom. The van der Waals surface area contributed by atoms with Crippen LogP contribution in [0.3, 0.4) is 0 Å². The van der Waals surface area contributed by atoms with Gasteiger partial charge in [-0.15, -0.1) is 5.10 Å². The number of fused-ring (bicyclic) bond motifs is 3. The van der Waals surface area contributed by atoms with Gasteiger partial charge in [-0.25, -0.2) is 4.79 Å². The molecule has 0 saturated carbocycles. The molecular formula is C10H7N3O3. The molecule has 1 N–H and O–H groups in total. The predicted octanol–water partition coefficient (Wildman–Crippen LogP) is 1.07. The number of aromatic nitrogens is 3. The number of hydrogen-bond acceptors (Lipinski definition) is 5. The van der Waals surface area contributed by atoms with Gasteiger partial charge in [-0.1, -0.05) is 0 Å². The molecule has 16 heavy (non-hydrogen) atoms. The molecule has 0 radical (unpaired) electrons. The van der Waals surface area contributed by atoms with E-state index in [-0.39, 0.29) is 5.52 Å². The molecule has 0 aliphatic carbocycles. The normalized spacial score (nSPS) is 11.1. The molecule has 0 aliphatic heterocycles. The Labute approximate surface area is 88.8 Å². The van der Waals surface area contributed by atoms with Gasteiger partial charge < -0.3 is 9.15 Å². The Bertz CT molecular complexity index is 729.